The molecule has 3 heteroatoms. The largest absolute Gasteiger partial charge is 0.490 e. The highest BCUT2D eigenvalue weighted by molar-refractivity contribution is 5.34. The first-order chi connectivity index (χ1) is 9.55. The number of rotatable bonds is 5. The van der Waals surface area contributed by atoms with Crippen LogP contribution in [0.1, 0.15) is 16.7 Å². The van der Waals surface area contributed by atoms with Gasteiger partial charge in [0, 0.05) is 6.54 Å². The third kappa shape index (κ3) is 3.18. The van der Waals surface area contributed by atoms with Gasteiger partial charge in [-0.25, -0.2) is 0 Å². The predicted molar refractivity (Wildman–Crippen MR) is 80.8 cm³/mol. The van der Waals surface area contributed by atoms with Crippen LogP contribution in [0.2, 0.25) is 0 Å². The van der Waals surface area contributed by atoms with Gasteiger partial charge in [0.1, 0.15) is 18.0 Å². The van der Waals surface area contributed by atoms with Crippen molar-refractivity contribution < 1.29 is 9.84 Å². The van der Waals surface area contributed by atoms with Crippen molar-refractivity contribution in [1.82, 2.24) is 0 Å². The molecule has 2 aromatic rings. The Balaban J connectivity index is 2.13. The van der Waals surface area contributed by atoms with Gasteiger partial charge in [-0.2, -0.15) is 0 Å². The molecule has 0 aromatic heterocycles. The zero-order valence-corrected chi connectivity index (χ0v) is 12.0. The molecule has 0 aliphatic heterocycles. The average Bonchev–Trinajstić information content (AvgIpc) is 2.49. The van der Waals surface area contributed by atoms with E-state index in [1.54, 1.807) is 0 Å². The Labute approximate surface area is 120 Å². The highest BCUT2D eigenvalue weighted by Gasteiger charge is 2.28. The number of ether oxygens (including phenoxy) is 1. The Morgan fingerprint density at radius 2 is 1.75 bits per heavy atom. The Morgan fingerprint density at radius 1 is 1.05 bits per heavy atom. The highest BCUT2D eigenvalue weighted by Crippen LogP contribution is 2.23. The van der Waals surface area contributed by atoms with E-state index in [1.807, 2.05) is 55.5 Å². The summed E-state index contributed by atoms with van der Waals surface area (Å²) in [6, 6.07) is 15.3. The number of aryl methyl sites for hydroxylation is 2. The molecule has 0 heterocycles. The van der Waals surface area contributed by atoms with Crippen molar-refractivity contribution in [1.29, 1.82) is 0 Å². The molecule has 0 fully saturated rings. The fraction of sp³-hybridized carbons (Fsp3) is 0.294. The molecule has 0 spiro atoms. The molecule has 3 nitrogen and oxygen atoms in total. The number of aliphatic hydroxyl groups is 1. The van der Waals surface area contributed by atoms with Crippen LogP contribution >= 0.6 is 0 Å². The summed E-state index contributed by atoms with van der Waals surface area (Å²) in [5.74, 6) is 0.746. The van der Waals surface area contributed by atoms with Crippen molar-refractivity contribution in [2.45, 2.75) is 19.4 Å². The van der Waals surface area contributed by atoms with E-state index in [-0.39, 0.29) is 13.2 Å². The summed E-state index contributed by atoms with van der Waals surface area (Å²) in [5, 5.41) is 10.6. The molecule has 1 atom stereocenters. The van der Waals surface area contributed by atoms with E-state index in [2.05, 4.69) is 6.92 Å². The maximum atomic E-state index is 10.6. The summed E-state index contributed by atoms with van der Waals surface area (Å²) in [7, 11) is 0. The number of hydrogen-bond acceptors (Lipinski definition) is 3. The second-order valence-electron chi connectivity index (χ2n) is 5.14. The number of hydrogen-bond donors (Lipinski definition) is 2. The lowest BCUT2D eigenvalue weighted by atomic mass is 9.95. The zero-order valence-electron chi connectivity index (χ0n) is 12.0. The van der Waals surface area contributed by atoms with Crippen LogP contribution < -0.4 is 10.5 Å². The van der Waals surface area contributed by atoms with Crippen LogP contribution in [0.3, 0.4) is 0 Å². The first-order valence-corrected chi connectivity index (χ1v) is 6.73. The van der Waals surface area contributed by atoms with Gasteiger partial charge >= 0.3 is 0 Å². The topological polar surface area (TPSA) is 55.5 Å². The molecule has 0 bridgehead atoms. The van der Waals surface area contributed by atoms with Crippen molar-refractivity contribution in [3.8, 4) is 5.75 Å². The van der Waals surface area contributed by atoms with Crippen LogP contribution in [-0.2, 0) is 5.60 Å². The Hall–Kier alpha value is -1.84. The molecule has 20 heavy (non-hydrogen) atoms. The molecule has 0 radical (unpaired) electrons. The lowest BCUT2D eigenvalue weighted by Gasteiger charge is -2.27. The summed E-state index contributed by atoms with van der Waals surface area (Å²) in [4.78, 5) is 0. The van der Waals surface area contributed by atoms with E-state index < -0.39 is 5.60 Å². The number of benzene rings is 2. The normalized spacial score (nSPS) is 13.8. The second kappa shape index (κ2) is 6.07. The van der Waals surface area contributed by atoms with Crippen LogP contribution in [0.4, 0.5) is 0 Å². The Kier molecular flexibility index (Phi) is 4.42. The van der Waals surface area contributed by atoms with E-state index in [9.17, 15) is 5.11 Å². The molecule has 2 aromatic carbocycles. The first kappa shape index (κ1) is 14.6. The smallest absolute Gasteiger partial charge is 0.136 e. The predicted octanol–water partition coefficient (Wildman–Crippen LogP) is 2.53. The quantitative estimate of drug-likeness (QED) is 0.878. The molecule has 106 valence electrons. The molecule has 2 rings (SSSR count). The van der Waals surface area contributed by atoms with Crippen molar-refractivity contribution in [2.75, 3.05) is 13.2 Å². The van der Waals surface area contributed by atoms with Crippen LogP contribution in [0.15, 0.2) is 48.5 Å². The van der Waals surface area contributed by atoms with Gasteiger partial charge in [-0.3, -0.25) is 0 Å². The van der Waals surface area contributed by atoms with Gasteiger partial charge in [-0.05, 0) is 42.7 Å². The van der Waals surface area contributed by atoms with E-state index in [0.717, 1.165) is 11.3 Å². The summed E-state index contributed by atoms with van der Waals surface area (Å²) in [6.45, 7) is 4.34. The van der Waals surface area contributed by atoms with Gasteiger partial charge in [0.2, 0.25) is 0 Å². The van der Waals surface area contributed by atoms with E-state index in [4.69, 9.17) is 10.5 Å². The van der Waals surface area contributed by atoms with Crippen molar-refractivity contribution in [3.63, 3.8) is 0 Å². The van der Waals surface area contributed by atoms with Gasteiger partial charge in [0.05, 0.1) is 0 Å². The monoisotopic (exact) mass is 271 g/mol. The molecule has 0 aliphatic rings. The minimum Gasteiger partial charge on any atom is -0.490 e. The van der Waals surface area contributed by atoms with Gasteiger partial charge in [0.25, 0.3) is 0 Å². The standard InChI is InChI=1S/C17H21NO2/c1-13-8-9-16(10-14(13)2)20-12-17(19,11-18)15-6-4-3-5-7-15/h3-10,19H,11-12,18H2,1-2H3. The first-order valence-electron chi connectivity index (χ1n) is 6.73. The van der Waals surface area contributed by atoms with Gasteiger partial charge < -0.3 is 15.6 Å². The molecule has 1 unspecified atom stereocenters. The van der Waals surface area contributed by atoms with Crippen LogP contribution in [0.25, 0.3) is 0 Å². The van der Waals surface area contributed by atoms with Crippen molar-refractivity contribution in [2.24, 2.45) is 5.73 Å². The summed E-state index contributed by atoms with van der Waals surface area (Å²) in [5.41, 5.74) is 7.71. The van der Waals surface area contributed by atoms with Gasteiger partial charge in [-0.1, -0.05) is 36.4 Å². The van der Waals surface area contributed by atoms with E-state index >= 15 is 0 Å². The molecular weight excluding hydrogens is 250 g/mol. The molecule has 0 saturated carbocycles. The van der Waals surface area contributed by atoms with Gasteiger partial charge in [-0.15, -0.1) is 0 Å². The molecule has 0 saturated heterocycles. The average molecular weight is 271 g/mol. The third-order valence-electron chi connectivity index (χ3n) is 3.60. The van der Waals surface area contributed by atoms with Crippen LogP contribution in [-0.4, -0.2) is 18.3 Å². The lowest BCUT2D eigenvalue weighted by molar-refractivity contribution is -0.00146. The highest BCUT2D eigenvalue weighted by atomic mass is 16.5. The maximum absolute atomic E-state index is 10.6. The SMILES string of the molecule is Cc1ccc(OCC(O)(CN)c2ccccc2)cc1C. The molecular formula is C17H21NO2. The molecule has 3 N–H and O–H groups in total. The minimum atomic E-state index is -1.17. The minimum absolute atomic E-state index is 0.113. The van der Waals surface area contributed by atoms with Gasteiger partial charge in [0.15, 0.2) is 0 Å². The summed E-state index contributed by atoms with van der Waals surface area (Å²) < 4.78 is 5.72. The number of nitrogens with two attached hydrogens (primary N) is 1. The van der Waals surface area contributed by atoms with Crippen LogP contribution in [0, 0.1) is 13.8 Å². The Morgan fingerprint density at radius 3 is 2.35 bits per heavy atom. The van der Waals surface area contributed by atoms with E-state index in [0.29, 0.717) is 0 Å². The summed E-state index contributed by atoms with van der Waals surface area (Å²) in [6.07, 6.45) is 0. The van der Waals surface area contributed by atoms with E-state index in [1.165, 1.54) is 11.1 Å². The summed E-state index contributed by atoms with van der Waals surface area (Å²) >= 11 is 0. The van der Waals surface area contributed by atoms with Crippen LogP contribution in [0.5, 0.6) is 5.75 Å². The fourth-order valence-corrected chi connectivity index (χ4v) is 2.01. The zero-order chi connectivity index (χ0) is 14.6. The second-order valence-corrected chi connectivity index (χ2v) is 5.14. The molecule has 0 amide bonds. The Bertz CT molecular complexity index is 568. The maximum Gasteiger partial charge on any atom is 0.136 e. The molecule has 0 aliphatic carbocycles. The van der Waals surface area contributed by atoms with Crippen molar-refractivity contribution in [3.05, 3.63) is 65.2 Å². The van der Waals surface area contributed by atoms with Crippen molar-refractivity contribution >= 4 is 0 Å². The fourth-order valence-electron chi connectivity index (χ4n) is 2.01. The third-order valence-corrected chi connectivity index (χ3v) is 3.60. The lowest BCUT2D eigenvalue weighted by Crippen LogP contribution is -2.40.